The van der Waals surface area contributed by atoms with E-state index in [1.165, 1.54) is 17.0 Å². The van der Waals surface area contributed by atoms with Crippen LogP contribution in [0.5, 0.6) is 5.75 Å². The van der Waals surface area contributed by atoms with Gasteiger partial charge in [-0.2, -0.15) is 0 Å². The fraction of sp³-hybridized carbons (Fsp3) is 0.241. The lowest BCUT2D eigenvalue weighted by atomic mass is 9.86. The van der Waals surface area contributed by atoms with E-state index in [4.69, 9.17) is 9.47 Å². The van der Waals surface area contributed by atoms with E-state index in [1.54, 1.807) is 50.2 Å². The molecule has 0 radical (unpaired) electrons. The maximum Gasteiger partial charge on any atom is 0.336 e. The van der Waals surface area contributed by atoms with Crippen LogP contribution >= 0.6 is 0 Å². The first-order valence-corrected chi connectivity index (χ1v) is 12.4. The van der Waals surface area contributed by atoms with Gasteiger partial charge in [0.1, 0.15) is 5.75 Å². The zero-order chi connectivity index (χ0) is 27.2. The standard InChI is InChI=1S/C29H29N3O6/c1-4-37-24-17-15-22(16-18-24)31-19(3)25(29(34)38-5-2)26(28(31)33)27(30-21-9-7-6-8-10-21)20-11-13-23(14-12-20)32(35)36/h6-18,26-27,30H,4-5H2,1-3H3. The Morgan fingerprint density at radius 1 is 1.00 bits per heavy atom. The third-order valence-electron chi connectivity index (χ3n) is 6.32. The van der Waals surface area contributed by atoms with Crippen molar-refractivity contribution in [2.45, 2.75) is 26.8 Å². The average molecular weight is 516 g/mol. The molecule has 0 saturated carbocycles. The summed E-state index contributed by atoms with van der Waals surface area (Å²) in [6.45, 7) is 5.97. The largest absolute Gasteiger partial charge is 0.494 e. The van der Waals surface area contributed by atoms with Crippen molar-refractivity contribution in [3.05, 3.63) is 106 Å². The Bertz CT molecular complexity index is 1340. The number of rotatable bonds is 10. The van der Waals surface area contributed by atoms with E-state index >= 15 is 0 Å². The molecule has 1 aliphatic heterocycles. The maximum atomic E-state index is 14.1. The summed E-state index contributed by atoms with van der Waals surface area (Å²) in [4.78, 5) is 39.7. The SMILES string of the molecule is CCOC(=O)C1=C(C)N(c2ccc(OCC)cc2)C(=O)C1C(Nc1ccccc1)c1ccc([N+](=O)[O-])cc1. The van der Waals surface area contributed by atoms with Gasteiger partial charge >= 0.3 is 5.97 Å². The second-order valence-corrected chi connectivity index (χ2v) is 8.63. The Labute approximate surface area is 220 Å². The highest BCUT2D eigenvalue weighted by atomic mass is 16.6. The predicted molar refractivity (Wildman–Crippen MR) is 144 cm³/mol. The Balaban J connectivity index is 1.82. The molecule has 4 rings (SSSR count). The molecule has 0 fully saturated rings. The summed E-state index contributed by atoms with van der Waals surface area (Å²) in [6.07, 6.45) is 0. The average Bonchev–Trinajstić information content (AvgIpc) is 3.18. The van der Waals surface area contributed by atoms with Crippen molar-refractivity contribution in [1.29, 1.82) is 0 Å². The number of ether oxygens (including phenoxy) is 2. The molecule has 0 spiro atoms. The first kappa shape index (κ1) is 26.4. The van der Waals surface area contributed by atoms with E-state index in [0.29, 0.717) is 29.3 Å². The molecule has 3 aromatic rings. The number of allylic oxidation sites excluding steroid dienone is 1. The van der Waals surface area contributed by atoms with Gasteiger partial charge in [-0.1, -0.05) is 30.3 Å². The van der Waals surface area contributed by atoms with Crippen LogP contribution in [-0.2, 0) is 14.3 Å². The molecule has 1 amide bonds. The molecular weight excluding hydrogens is 486 g/mol. The molecule has 0 aliphatic carbocycles. The molecule has 2 atom stereocenters. The number of nitrogens with zero attached hydrogens (tertiary/aromatic N) is 2. The molecule has 0 bridgehead atoms. The highest BCUT2D eigenvalue weighted by Gasteiger charge is 2.47. The van der Waals surface area contributed by atoms with Crippen LogP contribution in [0.15, 0.2) is 90.1 Å². The van der Waals surface area contributed by atoms with Crippen molar-refractivity contribution in [3.8, 4) is 5.75 Å². The van der Waals surface area contributed by atoms with Crippen LogP contribution in [0.3, 0.4) is 0 Å². The molecule has 0 saturated heterocycles. The van der Waals surface area contributed by atoms with Crippen LogP contribution in [-0.4, -0.2) is 30.0 Å². The number of esters is 1. The van der Waals surface area contributed by atoms with Gasteiger partial charge in [-0.05, 0) is 62.7 Å². The fourth-order valence-corrected chi connectivity index (χ4v) is 4.62. The molecule has 1 N–H and O–H groups in total. The van der Waals surface area contributed by atoms with Crippen molar-refractivity contribution in [3.63, 3.8) is 0 Å². The number of carbonyl (C=O) groups excluding carboxylic acids is 2. The lowest BCUT2D eigenvalue weighted by Gasteiger charge is -2.27. The van der Waals surface area contributed by atoms with Gasteiger partial charge in [-0.25, -0.2) is 4.79 Å². The number of para-hydroxylation sites is 1. The van der Waals surface area contributed by atoms with E-state index in [0.717, 1.165) is 5.69 Å². The summed E-state index contributed by atoms with van der Waals surface area (Å²) in [7, 11) is 0. The number of anilines is 2. The Hall–Kier alpha value is -4.66. The molecule has 3 aromatic carbocycles. The van der Waals surface area contributed by atoms with Crippen molar-refractivity contribution in [1.82, 2.24) is 0 Å². The van der Waals surface area contributed by atoms with E-state index in [1.807, 2.05) is 37.3 Å². The van der Waals surface area contributed by atoms with E-state index in [2.05, 4.69) is 5.32 Å². The van der Waals surface area contributed by atoms with Gasteiger partial charge in [0.05, 0.1) is 35.7 Å². The van der Waals surface area contributed by atoms with Gasteiger partial charge < -0.3 is 14.8 Å². The quantitative estimate of drug-likeness (QED) is 0.211. The number of non-ortho nitro benzene ring substituents is 1. The van der Waals surface area contributed by atoms with Crippen LogP contribution in [0.25, 0.3) is 0 Å². The Morgan fingerprint density at radius 3 is 2.24 bits per heavy atom. The summed E-state index contributed by atoms with van der Waals surface area (Å²) < 4.78 is 10.9. The molecule has 1 aliphatic rings. The third-order valence-corrected chi connectivity index (χ3v) is 6.32. The van der Waals surface area contributed by atoms with E-state index in [-0.39, 0.29) is 23.8 Å². The highest BCUT2D eigenvalue weighted by molar-refractivity contribution is 6.11. The normalized spacial score (nSPS) is 15.8. The third kappa shape index (κ3) is 5.36. The minimum atomic E-state index is -0.956. The summed E-state index contributed by atoms with van der Waals surface area (Å²) in [5.74, 6) is -1.19. The monoisotopic (exact) mass is 515 g/mol. The maximum absolute atomic E-state index is 14.1. The predicted octanol–water partition coefficient (Wildman–Crippen LogP) is 5.65. The molecule has 2 unspecified atom stereocenters. The second kappa shape index (κ2) is 11.6. The number of nitro benzene ring substituents is 1. The van der Waals surface area contributed by atoms with Crippen LogP contribution < -0.4 is 15.0 Å². The summed E-state index contributed by atoms with van der Waals surface area (Å²) in [5, 5.41) is 14.6. The Kier molecular flexibility index (Phi) is 8.06. The minimum Gasteiger partial charge on any atom is -0.494 e. The van der Waals surface area contributed by atoms with Gasteiger partial charge in [-0.3, -0.25) is 19.8 Å². The van der Waals surface area contributed by atoms with Crippen molar-refractivity contribution in [2.75, 3.05) is 23.4 Å². The molecule has 38 heavy (non-hydrogen) atoms. The number of benzene rings is 3. The van der Waals surface area contributed by atoms with Crippen LogP contribution in [0.4, 0.5) is 17.1 Å². The minimum absolute atomic E-state index is 0.0710. The van der Waals surface area contributed by atoms with E-state index in [9.17, 15) is 19.7 Å². The summed E-state index contributed by atoms with van der Waals surface area (Å²) >= 11 is 0. The van der Waals surface area contributed by atoms with Crippen molar-refractivity contribution >= 4 is 28.9 Å². The number of nitro groups is 1. The molecule has 9 heteroatoms. The Morgan fingerprint density at radius 2 is 1.66 bits per heavy atom. The highest BCUT2D eigenvalue weighted by Crippen LogP contribution is 2.43. The second-order valence-electron chi connectivity index (χ2n) is 8.63. The van der Waals surface area contributed by atoms with Gasteiger partial charge in [0.15, 0.2) is 0 Å². The van der Waals surface area contributed by atoms with Crippen LogP contribution in [0.1, 0.15) is 32.4 Å². The fourth-order valence-electron chi connectivity index (χ4n) is 4.62. The van der Waals surface area contributed by atoms with Gasteiger partial charge in [0.25, 0.3) is 5.69 Å². The number of hydrogen-bond donors (Lipinski definition) is 1. The molecule has 196 valence electrons. The zero-order valence-corrected chi connectivity index (χ0v) is 21.4. The lowest BCUT2D eigenvalue weighted by molar-refractivity contribution is -0.384. The van der Waals surface area contributed by atoms with Crippen molar-refractivity contribution < 1.29 is 24.0 Å². The van der Waals surface area contributed by atoms with Crippen LogP contribution in [0.2, 0.25) is 0 Å². The molecule has 0 aromatic heterocycles. The van der Waals surface area contributed by atoms with E-state index < -0.39 is 22.9 Å². The molecule has 9 nitrogen and oxygen atoms in total. The van der Waals surface area contributed by atoms with Crippen molar-refractivity contribution in [2.24, 2.45) is 5.92 Å². The number of hydrogen-bond acceptors (Lipinski definition) is 7. The smallest absolute Gasteiger partial charge is 0.336 e. The first-order chi connectivity index (χ1) is 18.3. The lowest BCUT2D eigenvalue weighted by Crippen LogP contribution is -2.34. The summed E-state index contributed by atoms with van der Waals surface area (Å²) in [5.41, 5.74) is 2.55. The first-order valence-electron chi connectivity index (χ1n) is 12.4. The summed E-state index contributed by atoms with van der Waals surface area (Å²) in [6, 6.07) is 21.6. The van der Waals surface area contributed by atoms with Gasteiger partial charge in [0, 0.05) is 29.2 Å². The number of nitrogens with one attached hydrogen (secondary N) is 1. The number of carbonyl (C=O) groups is 2. The van der Waals surface area contributed by atoms with Gasteiger partial charge in [0.2, 0.25) is 5.91 Å². The molecular formula is C29H29N3O6. The number of amides is 1. The van der Waals surface area contributed by atoms with Crippen LogP contribution in [0, 0.1) is 16.0 Å². The van der Waals surface area contributed by atoms with Gasteiger partial charge in [-0.15, -0.1) is 0 Å². The zero-order valence-electron chi connectivity index (χ0n) is 21.4. The topological polar surface area (TPSA) is 111 Å². The molecule has 1 heterocycles.